The molecule has 0 amide bonds. The van der Waals surface area contributed by atoms with Gasteiger partial charge in [-0.2, -0.15) is 0 Å². The van der Waals surface area contributed by atoms with Crippen molar-refractivity contribution in [2.75, 3.05) is 13.7 Å². The van der Waals surface area contributed by atoms with Gasteiger partial charge in [-0.1, -0.05) is 6.42 Å². The summed E-state index contributed by atoms with van der Waals surface area (Å²) in [5.41, 5.74) is 1.79. The van der Waals surface area contributed by atoms with Crippen LogP contribution in [0.15, 0.2) is 12.1 Å². The molecule has 21 heavy (non-hydrogen) atoms. The van der Waals surface area contributed by atoms with E-state index >= 15 is 0 Å². The van der Waals surface area contributed by atoms with Crippen LogP contribution in [0.1, 0.15) is 30.7 Å². The number of rotatable bonds is 4. The van der Waals surface area contributed by atoms with Crippen LogP contribution >= 0.6 is 0 Å². The lowest BCUT2D eigenvalue weighted by atomic mass is 9.94. The summed E-state index contributed by atoms with van der Waals surface area (Å²) in [6.45, 7) is 3.39. The van der Waals surface area contributed by atoms with Gasteiger partial charge >= 0.3 is 5.97 Å². The standard InChI is InChI=1S/C16H22N2O3/c1-10-6-13(21-2)7-12(17-10)9-18-8-11-4-3-5-14(11)15(18)16(19)20/h6-7,11,14-15H,3-5,8-9H2,1-2H3,(H,19,20). The summed E-state index contributed by atoms with van der Waals surface area (Å²) >= 11 is 0. The van der Waals surface area contributed by atoms with Crippen molar-refractivity contribution in [2.45, 2.75) is 38.8 Å². The summed E-state index contributed by atoms with van der Waals surface area (Å²) in [6.07, 6.45) is 3.38. The number of pyridine rings is 1. The fraction of sp³-hybridized carbons (Fsp3) is 0.625. The van der Waals surface area contributed by atoms with Gasteiger partial charge in [-0.25, -0.2) is 0 Å². The molecule has 3 rings (SSSR count). The molecule has 0 spiro atoms. The van der Waals surface area contributed by atoms with E-state index in [0.29, 0.717) is 18.4 Å². The van der Waals surface area contributed by atoms with Gasteiger partial charge in [-0.15, -0.1) is 0 Å². The number of carbonyl (C=O) groups is 1. The van der Waals surface area contributed by atoms with Crippen molar-refractivity contribution in [2.24, 2.45) is 11.8 Å². The topological polar surface area (TPSA) is 62.7 Å². The maximum Gasteiger partial charge on any atom is 0.321 e. The Labute approximate surface area is 124 Å². The minimum Gasteiger partial charge on any atom is -0.497 e. The molecule has 1 saturated carbocycles. The van der Waals surface area contributed by atoms with Crippen molar-refractivity contribution < 1.29 is 14.6 Å². The monoisotopic (exact) mass is 290 g/mol. The minimum atomic E-state index is -0.691. The summed E-state index contributed by atoms with van der Waals surface area (Å²) < 4.78 is 5.27. The van der Waals surface area contributed by atoms with E-state index in [1.54, 1.807) is 7.11 Å². The van der Waals surface area contributed by atoms with Gasteiger partial charge in [0.25, 0.3) is 0 Å². The van der Waals surface area contributed by atoms with E-state index in [-0.39, 0.29) is 6.04 Å². The number of ether oxygens (including phenoxy) is 1. The third-order valence-electron chi connectivity index (χ3n) is 4.82. The molecule has 2 fully saturated rings. The molecule has 1 aliphatic carbocycles. The molecule has 2 aliphatic rings. The van der Waals surface area contributed by atoms with Crippen molar-refractivity contribution >= 4 is 5.97 Å². The molecule has 3 atom stereocenters. The fourth-order valence-corrected chi connectivity index (χ4v) is 4.01. The number of aryl methyl sites for hydroxylation is 1. The zero-order chi connectivity index (χ0) is 15.0. The number of hydrogen-bond acceptors (Lipinski definition) is 4. The Hall–Kier alpha value is -1.62. The number of aromatic nitrogens is 1. The van der Waals surface area contributed by atoms with E-state index in [4.69, 9.17) is 4.74 Å². The molecule has 3 unspecified atom stereocenters. The largest absolute Gasteiger partial charge is 0.497 e. The van der Waals surface area contributed by atoms with Crippen LogP contribution in [-0.4, -0.2) is 40.7 Å². The zero-order valence-electron chi connectivity index (χ0n) is 12.6. The van der Waals surface area contributed by atoms with Crippen LogP contribution in [0, 0.1) is 18.8 Å². The molecule has 5 heteroatoms. The Kier molecular flexibility index (Phi) is 3.85. The van der Waals surface area contributed by atoms with Crippen molar-refractivity contribution in [1.82, 2.24) is 9.88 Å². The summed E-state index contributed by atoms with van der Waals surface area (Å²) in [5.74, 6) is 0.944. The third kappa shape index (κ3) is 2.75. The van der Waals surface area contributed by atoms with E-state index in [9.17, 15) is 9.90 Å². The zero-order valence-corrected chi connectivity index (χ0v) is 12.6. The van der Waals surface area contributed by atoms with Gasteiger partial charge in [0.2, 0.25) is 0 Å². The average Bonchev–Trinajstić information content (AvgIpc) is 2.97. The van der Waals surface area contributed by atoms with Crippen LogP contribution < -0.4 is 4.74 Å². The van der Waals surface area contributed by atoms with E-state index < -0.39 is 5.97 Å². The lowest BCUT2D eigenvalue weighted by Gasteiger charge is -2.24. The van der Waals surface area contributed by atoms with Crippen LogP contribution in [0.2, 0.25) is 0 Å². The van der Waals surface area contributed by atoms with Gasteiger partial charge < -0.3 is 9.84 Å². The van der Waals surface area contributed by atoms with Crippen LogP contribution in [0.25, 0.3) is 0 Å². The van der Waals surface area contributed by atoms with E-state index in [1.807, 2.05) is 19.1 Å². The first-order valence-electron chi connectivity index (χ1n) is 7.57. The second-order valence-corrected chi connectivity index (χ2v) is 6.21. The lowest BCUT2D eigenvalue weighted by Crippen LogP contribution is -2.39. The highest BCUT2D eigenvalue weighted by Gasteiger charge is 2.47. The van der Waals surface area contributed by atoms with Gasteiger partial charge in [0.05, 0.1) is 12.8 Å². The van der Waals surface area contributed by atoms with Crippen molar-refractivity contribution in [3.8, 4) is 5.75 Å². The molecular formula is C16H22N2O3. The number of aliphatic carboxylic acids is 1. The first kappa shape index (κ1) is 14.3. The Morgan fingerprint density at radius 1 is 1.48 bits per heavy atom. The Bertz CT molecular complexity index is 546. The highest BCUT2D eigenvalue weighted by Crippen LogP contribution is 2.42. The molecule has 5 nitrogen and oxygen atoms in total. The normalized spacial score (nSPS) is 28.6. The second kappa shape index (κ2) is 5.64. The molecular weight excluding hydrogens is 268 g/mol. The smallest absolute Gasteiger partial charge is 0.321 e. The highest BCUT2D eigenvalue weighted by atomic mass is 16.5. The molecule has 0 aromatic carbocycles. The van der Waals surface area contributed by atoms with Gasteiger partial charge in [-0.05, 0) is 31.6 Å². The first-order valence-corrected chi connectivity index (χ1v) is 7.57. The van der Waals surface area contributed by atoms with Crippen LogP contribution in [0.4, 0.5) is 0 Å². The molecule has 1 aromatic heterocycles. The van der Waals surface area contributed by atoms with E-state index in [2.05, 4.69) is 9.88 Å². The number of fused-ring (bicyclic) bond motifs is 1. The molecule has 114 valence electrons. The minimum absolute atomic E-state index is 0.314. The number of methoxy groups -OCH3 is 1. The van der Waals surface area contributed by atoms with E-state index in [0.717, 1.165) is 36.5 Å². The number of carboxylic acids is 1. The van der Waals surface area contributed by atoms with Crippen molar-refractivity contribution in [3.63, 3.8) is 0 Å². The van der Waals surface area contributed by atoms with Gasteiger partial charge in [-0.3, -0.25) is 14.7 Å². The lowest BCUT2D eigenvalue weighted by molar-refractivity contribution is -0.143. The van der Waals surface area contributed by atoms with Crippen LogP contribution in [0.3, 0.4) is 0 Å². The Balaban J connectivity index is 1.80. The van der Waals surface area contributed by atoms with Crippen molar-refractivity contribution in [1.29, 1.82) is 0 Å². The molecule has 1 aromatic rings. The summed E-state index contributed by atoms with van der Waals surface area (Å²) in [7, 11) is 1.64. The summed E-state index contributed by atoms with van der Waals surface area (Å²) in [6, 6.07) is 3.43. The fourth-order valence-electron chi connectivity index (χ4n) is 4.01. The molecule has 0 radical (unpaired) electrons. The number of nitrogens with zero attached hydrogens (tertiary/aromatic N) is 2. The summed E-state index contributed by atoms with van der Waals surface area (Å²) in [5, 5.41) is 9.58. The molecule has 1 aliphatic heterocycles. The molecule has 2 heterocycles. The molecule has 1 saturated heterocycles. The summed E-state index contributed by atoms with van der Waals surface area (Å²) in [4.78, 5) is 18.2. The maximum absolute atomic E-state index is 11.6. The van der Waals surface area contributed by atoms with Gasteiger partial charge in [0.15, 0.2) is 0 Å². The SMILES string of the molecule is COc1cc(C)nc(CN2CC3CCCC3C2C(=O)O)c1. The Morgan fingerprint density at radius 2 is 2.29 bits per heavy atom. The van der Waals surface area contributed by atoms with Crippen LogP contribution in [-0.2, 0) is 11.3 Å². The molecule has 0 bridgehead atoms. The number of carboxylic acid groups (broad SMARTS) is 1. The molecule has 1 N–H and O–H groups in total. The quantitative estimate of drug-likeness (QED) is 0.920. The number of likely N-dealkylation sites (tertiary alicyclic amines) is 1. The van der Waals surface area contributed by atoms with Gasteiger partial charge in [0.1, 0.15) is 11.8 Å². The van der Waals surface area contributed by atoms with Crippen molar-refractivity contribution in [3.05, 3.63) is 23.5 Å². The third-order valence-corrected chi connectivity index (χ3v) is 4.82. The second-order valence-electron chi connectivity index (χ2n) is 6.21. The van der Waals surface area contributed by atoms with Gasteiger partial charge in [0, 0.05) is 30.9 Å². The predicted molar refractivity (Wildman–Crippen MR) is 78.2 cm³/mol. The average molecular weight is 290 g/mol. The Morgan fingerprint density at radius 3 is 3.00 bits per heavy atom. The highest BCUT2D eigenvalue weighted by molar-refractivity contribution is 5.74. The maximum atomic E-state index is 11.6. The van der Waals surface area contributed by atoms with Crippen LogP contribution in [0.5, 0.6) is 5.75 Å². The number of hydrogen-bond donors (Lipinski definition) is 1. The first-order chi connectivity index (χ1) is 10.1. The van der Waals surface area contributed by atoms with E-state index in [1.165, 1.54) is 6.42 Å². The predicted octanol–water partition coefficient (Wildman–Crippen LogP) is 2.08.